The molecule has 0 spiro atoms. The van der Waals surface area contributed by atoms with E-state index < -0.39 is 0 Å². The predicted octanol–water partition coefficient (Wildman–Crippen LogP) is 4.08. The van der Waals surface area contributed by atoms with E-state index in [1.165, 1.54) is 44.1 Å². The van der Waals surface area contributed by atoms with Gasteiger partial charge in [0.15, 0.2) is 11.5 Å². The van der Waals surface area contributed by atoms with Gasteiger partial charge in [0.2, 0.25) is 0 Å². The molecular formula is C18H27NO2. The first-order valence-electron chi connectivity index (χ1n) is 8.51. The normalized spacial score (nSPS) is 20.2. The molecular weight excluding hydrogens is 262 g/mol. The van der Waals surface area contributed by atoms with E-state index in [0.717, 1.165) is 24.0 Å². The van der Waals surface area contributed by atoms with Crippen LogP contribution in [0.3, 0.4) is 0 Å². The molecule has 1 aliphatic carbocycles. The summed E-state index contributed by atoms with van der Waals surface area (Å²) < 4.78 is 11.4. The van der Waals surface area contributed by atoms with E-state index in [9.17, 15) is 0 Å². The summed E-state index contributed by atoms with van der Waals surface area (Å²) in [5.74, 6) is 2.56. The minimum absolute atomic E-state index is 0.459. The van der Waals surface area contributed by atoms with Crippen molar-refractivity contribution in [2.24, 2.45) is 5.92 Å². The van der Waals surface area contributed by atoms with Crippen LogP contribution in [0.2, 0.25) is 0 Å². The van der Waals surface area contributed by atoms with Gasteiger partial charge in [-0.15, -0.1) is 0 Å². The third-order valence-electron chi connectivity index (χ3n) is 4.66. The zero-order chi connectivity index (χ0) is 14.5. The van der Waals surface area contributed by atoms with Crippen molar-refractivity contribution in [1.29, 1.82) is 0 Å². The summed E-state index contributed by atoms with van der Waals surface area (Å²) in [7, 11) is 0. The monoisotopic (exact) mass is 289 g/mol. The summed E-state index contributed by atoms with van der Waals surface area (Å²) in [4.78, 5) is 0. The first-order chi connectivity index (χ1) is 10.4. The van der Waals surface area contributed by atoms with Crippen molar-refractivity contribution < 1.29 is 9.47 Å². The number of hydrogen-bond acceptors (Lipinski definition) is 3. The van der Waals surface area contributed by atoms with Crippen molar-refractivity contribution in [1.82, 2.24) is 5.32 Å². The smallest absolute Gasteiger partial charge is 0.161 e. The number of ether oxygens (including phenoxy) is 2. The van der Waals surface area contributed by atoms with Gasteiger partial charge in [-0.2, -0.15) is 0 Å². The average molecular weight is 289 g/mol. The summed E-state index contributed by atoms with van der Waals surface area (Å²) in [6.07, 6.45) is 8.01. The standard InChI is InChI=1S/C18H27NO2/c1-2-10-19-18(14-6-4-3-5-7-14)15-8-9-16-17(13-15)21-12-11-20-16/h8-9,13-14,18-19H,2-7,10-12H2,1H3. The molecule has 1 N–H and O–H groups in total. The zero-order valence-corrected chi connectivity index (χ0v) is 13.1. The van der Waals surface area contributed by atoms with Gasteiger partial charge >= 0.3 is 0 Å². The van der Waals surface area contributed by atoms with Gasteiger partial charge < -0.3 is 14.8 Å². The highest BCUT2D eigenvalue weighted by molar-refractivity contribution is 5.44. The third-order valence-corrected chi connectivity index (χ3v) is 4.66. The average Bonchev–Trinajstić information content (AvgIpc) is 2.56. The van der Waals surface area contributed by atoms with E-state index in [1.807, 2.05) is 0 Å². The fourth-order valence-electron chi connectivity index (χ4n) is 3.58. The Bertz CT molecular complexity index is 455. The molecule has 0 radical (unpaired) electrons. The Kier molecular flexibility index (Phi) is 5.02. The lowest BCUT2D eigenvalue weighted by atomic mass is 9.81. The lowest BCUT2D eigenvalue weighted by Crippen LogP contribution is -2.30. The van der Waals surface area contributed by atoms with Gasteiger partial charge in [0.05, 0.1) is 0 Å². The summed E-state index contributed by atoms with van der Waals surface area (Å²) >= 11 is 0. The first kappa shape index (κ1) is 14.7. The summed E-state index contributed by atoms with van der Waals surface area (Å²) in [6, 6.07) is 6.94. The molecule has 116 valence electrons. The number of hydrogen-bond donors (Lipinski definition) is 1. The van der Waals surface area contributed by atoms with E-state index in [0.29, 0.717) is 19.3 Å². The molecule has 1 atom stereocenters. The molecule has 1 aliphatic heterocycles. The van der Waals surface area contributed by atoms with Gasteiger partial charge in [-0.1, -0.05) is 32.3 Å². The second-order valence-corrected chi connectivity index (χ2v) is 6.23. The Hall–Kier alpha value is -1.22. The highest BCUT2D eigenvalue weighted by Gasteiger charge is 2.25. The van der Waals surface area contributed by atoms with E-state index in [2.05, 4.69) is 30.4 Å². The van der Waals surface area contributed by atoms with Crippen molar-refractivity contribution in [3.05, 3.63) is 23.8 Å². The highest BCUT2D eigenvalue weighted by atomic mass is 16.6. The van der Waals surface area contributed by atoms with Crippen molar-refractivity contribution >= 4 is 0 Å². The molecule has 1 heterocycles. The van der Waals surface area contributed by atoms with E-state index >= 15 is 0 Å². The maximum atomic E-state index is 5.75. The molecule has 3 heteroatoms. The Labute approximate surface area is 128 Å². The Morgan fingerprint density at radius 1 is 1.10 bits per heavy atom. The number of fused-ring (bicyclic) bond motifs is 1. The molecule has 1 saturated carbocycles. The maximum Gasteiger partial charge on any atom is 0.161 e. The van der Waals surface area contributed by atoms with Crippen molar-refractivity contribution in [3.8, 4) is 11.5 Å². The Morgan fingerprint density at radius 2 is 1.86 bits per heavy atom. The lowest BCUT2D eigenvalue weighted by Gasteiger charge is -2.32. The second kappa shape index (κ2) is 7.17. The molecule has 0 bridgehead atoms. The molecule has 3 rings (SSSR count). The summed E-state index contributed by atoms with van der Waals surface area (Å²) in [5, 5.41) is 3.77. The molecule has 1 aromatic carbocycles. The van der Waals surface area contributed by atoms with Crippen molar-refractivity contribution in [2.45, 2.75) is 51.5 Å². The largest absolute Gasteiger partial charge is 0.486 e. The Balaban J connectivity index is 1.80. The quantitative estimate of drug-likeness (QED) is 0.886. The first-order valence-corrected chi connectivity index (χ1v) is 8.51. The Morgan fingerprint density at radius 3 is 2.62 bits per heavy atom. The van der Waals surface area contributed by atoms with Crippen LogP contribution in [0.5, 0.6) is 11.5 Å². The van der Waals surface area contributed by atoms with Crippen LogP contribution in [0.4, 0.5) is 0 Å². The van der Waals surface area contributed by atoms with Crippen LogP contribution in [0.25, 0.3) is 0 Å². The van der Waals surface area contributed by atoms with Gasteiger partial charge in [0.25, 0.3) is 0 Å². The highest BCUT2D eigenvalue weighted by Crippen LogP contribution is 2.38. The van der Waals surface area contributed by atoms with E-state index in [1.54, 1.807) is 0 Å². The topological polar surface area (TPSA) is 30.5 Å². The minimum Gasteiger partial charge on any atom is -0.486 e. The van der Waals surface area contributed by atoms with Crippen LogP contribution in [-0.2, 0) is 0 Å². The number of benzene rings is 1. The maximum absolute atomic E-state index is 5.75. The molecule has 1 fully saturated rings. The fraction of sp³-hybridized carbons (Fsp3) is 0.667. The van der Waals surface area contributed by atoms with E-state index in [4.69, 9.17) is 9.47 Å². The van der Waals surface area contributed by atoms with Crippen molar-refractivity contribution in [3.63, 3.8) is 0 Å². The van der Waals surface area contributed by atoms with Gasteiger partial charge in [-0.25, -0.2) is 0 Å². The summed E-state index contributed by atoms with van der Waals surface area (Å²) in [6.45, 7) is 4.63. The van der Waals surface area contributed by atoms with Crippen LogP contribution in [-0.4, -0.2) is 19.8 Å². The number of rotatable bonds is 5. The van der Waals surface area contributed by atoms with E-state index in [-0.39, 0.29) is 0 Å². The van der Waals surface area contributed by atoms with Gasteiger partial charge in [0.1, 0.15) is 13.2 Å². The van der Waals surface area contributed by atoms with Crippen molar-refractivity contribution in [2.75, 3.05) is 19.8 Å². The minimum atomic E-state index is 0.459. The molecule has 2 aliphatic rings. The molecule has 0 aromatic heterocycles. The third kappa shape index (κ3) is 3.52. The van der Waals surface area contributed by atoms with Gasteiger partial charge in [0, 0.05) is 6.04 Å². The van der Waals surface area contributed by atoms with Crippen LogP contribution in [0.15, 0.2) is 18.2 Å². The second-order valence-electron chi connectivity index (χ2n) is 6.23. The molecule has 1 unspecified atom stereocenters. The fourth-order valence-corrected chi connectivity index (χ4v) is 3.58. The van der Waals surface area contributed by atoms with Crippen LogP contribution in [0, 0.1) is 5.92 Å². The van der Waals surface area contributed by atoms with Crippen LogP contribution < -0.4 is 14.8 Å². The van der Waals surface area contributed by atoms with Gasteiger partial charge in [-0.3, -0.25) is 0 Å². The molecule has 0 saturated heterocycles. The zero-order valence-electron chi connectivity index (χ0n) is 13.1. The SMILES string of the molecule is CCCNC(c1ccc2c(c1)OCCO2)C1CCCCC1. The van der Waals surface area contributed by atoms with Gasteiger partial charge in [-0.05, 0) is 49.4 Å². The number of nitrogens with one attached hydrogen (secondary N) is 1. The lowest BCUT2D eigenvalue weighted by molar-refractivity contribution is 0.171. The van der Waals surface area contributed by atoms with Crippen LogP contribution >= 0.6 is 0 Å². The molecule has 1 aromatic rings. The van der Waals surface area contributed by atoms with Crippen LogP contribution in [0.1, 0.15) is 57.1 Å². The molecule has 21 heavy (non-hydrogen) atoms. The molecule has 0 amide bonds. The predicted molar refractivity (Wildman–Crippen MR) is 85.0 cm³/mol. The molecule has 3 nitrogen and oxygen atoms in total. The summed E-state index contributed by atoms with van der Waals surface area (Å²) in [5.41, 5.74) is 1.36.